The van der Waals surface area contributed by atoms with Gasteiger partial charge in [0.1, 0.15) is 0 Å². The molecule has 1 unspecified atom stereocenters. The molecule has 3 rings (SSSR count). The number of aromatic amines is 1. The summed E-state index contributed by atoms with van der Waals surface area (Å²) < 4.78 is 0.693. The molecule has 0 radical (unpaired) electrons. The third kappa shape index (κ3) is 2.55. The van der Waals surface area contributed by atoms with Crippen LogP contribution in [0.15, 0.2) is 36.5 Å². The van der Waals surface area contributed by atoms with E-state index < -0.39 is 0 Å². The summed E-state index contributed by atoms with van der Waals surface area (Å²) in [7, 11) is 0. The molecule has 20 heavy (non-hydrogen) atoms. The van der Waals surface area contributed by atoms with E-state index in [4.69, 9.17) is 11.6 Å². The van der Waals surface area contributed by atoms with E-state index in [9.17, 15) is 4.79 Å². The molecule has 4 nitrogen and oxygen atoms in total. The van der Waals surface area contributed by atoms with Crippen LogP contribution in [0.5, 0.6) is 0 Å². The first-order valence-corrected chi connectivity index (χ1v) is 7.32. The number of aromatic nitrogens is 2. The number of H-pyrrole nitrogens is 1. The van der Waals surface area contributed by atoms with Gasteiger partial charge >= 0.3 is 0 Å². The zero-order chi connectivity index (χ0) is 14.1. The average Bonchev–Trinajstić information content (AvgIpc) is 3.05. The largest absolute Gasteiger partial charge is 0.325 e. The van der Waals surface area contributed by atoms with Gasteiger partial charge in [-0.15, -0.1) is 11.3 Å². The molecule has 0 saturated carbocycles. The molecule has 102 valence electrons. The Labute approximate surface area is 124 Å². The number of halogens is 1. The van der Waals surface area contributed by atoms with Gasteiger partial charge in [-0.3, -0.25) is 9.89 Å². The minimum atomic E-state index is -0.232. The summed E-state index contributed by atoms with van der Waals surface area (Å²) >= 11 is 7.33. The van der Waals surface area contributed by atoms with Gasteiger partial charge in [0.05, 0.1) is 22.0 Å². The summed E-state index contributed by atoms with van der Waals surface area (Å²) in [6.07, 6.45) is 1.75. The van der Waals surface area contributed by atoms with Gasteiger partial charge in [0, 0.05) is 16.0 Å². The molecule has 0 fully saturated rings. The predicted octanol–water partition coefficient (Wildman–Crippen LogP) is 4.02. The topological polar surface area (TPSA) is 57.8 Å². The highest BCUT2D eigenvalue weighted by Gasteiger charge is 2.17. The molecule has 0 aliphatic rings. The van der Waals surface area contributed by atoms with Crippen molar-refractivity contribution in [3.05, 3.63) is 45.7 Å². The van der Waals surface area contributed by atoms with Crippen LogP contribution in [0.1, 0.15) is 17.7 Å². The number of amides is 1. The van der Waals surface area contributed by atoms with Crippen LogP contribution in [-0.2, 0) is 4.79 Å². The lowest BCUT2D eigenvalue weighted by Crippen LogP contribution is -2.18. The summed E-state index contributed by atoms with van der Waals surface area (Å²) in [5.41, 5.74) is 1.65. The first kappa shape index (κ1) is 13.1. The number of nitrogens with one attached hydrogen (secondary N) is 2. The minimum absolute atomic E-state index is 0.0534. The molecular formula is C14H12ClN3OS. The molecule has 1 aromatic carbocycles. The zero-order valence-corrected chi connectivity index (χ0v) is 12.3. The van der Waals surface area contributed by atoms with E-state index in [1.165, 1.54) is 11.3 Å². The fraction of sp³-hybridized carbons (Fsp3) is 0.143. The van der Waals surface area contributed by atoms with E-state index in [1.54, 1.807) is 6.20 Å². The highest BCUT2D eigenvalue weighted by atomic mass is 35.5. The molecule has 0 spiro atoms. The number of benzene rings is 1. The Balaban J connectivity index is 1.77. The van der Waals surface area contributed by atoms with E-state index >= 15 is 0 Å². The number of thiophene rings is 1. The number of hydrogen-bond donors (Lipinski definition) is 2. The SMILES string of the molecule is CC(C(=O)Nc1ccc2cn[nH]c2c1)c1ccc(Cl)s1. The van der Waals surface area contributed by atoms with Gasteiger partial charge in [0.25, 0.3) is 0 Å². The van der Waals surface area contributed by atoms with Crippen LogP contribution < -0.4 is 5.32 Å². The maximum Gasteiger partial charge on any atom is 0.232 e. The van der Waals surface area contributed by atoms with Gasteiger partial charge in [-0.1, -0.05) is 11.6 Å². The molecule has 6 heteroatoms. The predicted molar refractivity (Wildman–Crippen MR) is 82.5 cm³/mol. The maximum absolute atomic E-state index is 12.2. The molecule has 0 saturated heterocycles. The Bertz CT molecular complexity index is 764. The third-order valence-electron chi connectivity index (χ3n) is 3.12. The molecule has 0 aliphatic heterocycles. The quantitative estimate of drug-likeness (QED) is 0.768. The Morgan fingerprint density at radius 1 is 1.40 bits per heavy atom. The number of fused-ring (bicyclic) bond motifs is 1. The second-order valence-electron chi connectivity index (χ2n) is 4.52. The smallest absolute Gasteiger partial charge is 0.232 e. The number of nitrogens with zero attached hydrogens (tertiary/aromatic N) is 1. The van der Waals surface area contributed by atoms with E-state index in [0.717, 1.165) is 21.5 Å². The van der Waals surface area contributed by atoms with Crippen LogP contribution in [-0.4, -0.2) is 16.1 Å². The Morgan fingerprint density at radius 3 is 3.00 bits per heavy atom. The van der Waals surface area contributed by atoms with Gasteiger partial charge in [0.15, 0.2) is 0 Å². The van der Waals surface area contributed by atoms with Crippen molar-refractivity contribution in [3.63, 3.8) is 0 Å². The molecule has 2 heterocycles. The van der Waals surface area contributed by atoms with Gasteiger partial charge < -0.3 is 5.32 Å². The van der Waals surface area contributed by atoms with Crippen LogP contribution >= 0.6 is 22.9 Å². The van der Waals surface area contributed by atoms with Crippen LogP contribution in [0.25, 0.3) is 10.9 Å². The van der Waals surface area contributed by atoms with Gasteiger partial charge in [-0.25, -0.2) is 0 Å². The summed E-state index contributed by atoms with van der Waals surface area (Å²) in [5, 5.41) is 10.8. The van der Waals surface area contributed by atoms with Crippen molar-refractivity contribution >= 4 is 45.4 Å². The van der Waals surface area contributed by atoms with E-state index in [1.807, 2.05) is 37.3 Å². The normalized spacial score (nSPS) is 12.5. The first-order chi connectivity index (χ1) is 9.63. The van der Waals surface area contributed by atoms with Crippen LogP contribution in [0, 0.1) is 0 Å². The second-order valence-corrected chi connectivity index (χ2v) is 6.27. The number of carbonyl (C=O) groups excluding carboxylic acids is 1. The van der Waals surface area contributed by atoms with Crippen molar-refractivity contribution in [2.75, 3.05) is 5.32 Å². The molecular weight excluding hydrogens is 294 g/mol. The number of rotatable bonds is 3. The van der Waals surface area contributed by atoms with Crippen molar-refractivity contribution in [3.8, 4) is 0 Å². The first-order valence-electron chi connectivity index (χ1n) is 6.13. The van der Waals surface area contributed by atoms with E-state index in [0.29, 0.717) is 4.34 Å². The fourth-order valence-corrected chi connectivity index (χ4v) is 3.07. The minimum Gasteiger partial charge on any atom is -0.325 e. The van der Waals surface area contributed by atoms with Crippen LogP contribution in [0.4, 0.5) is 5.69 Å². The van der Waals surface area contributed by atoms with Crippen molar-refractivity contribution in [2.45, 2.75) is 12.8 Å². The zero-order valence-electron chi connectivity index (χ0n) is 10.7. The highest BCUT2D eigenvalue weighted by Crippen LogP contribution is 2.29. The molecule has 3 aromatic rings. The van der Waals surface area contributed by atoms with Crippen molar-refractivity contribution < 1.29 is 4.79 Å². The van der Waals surface area contributed by atoms with Gasteiger partial charge in [0.2, 0.25) is 5.91 Å². The monoisotopic (exact) mass is 305 g/mol. The maximum atomic E-state index is 12.2. The Hall–Kier alpha value is -1.85. The van der Waals surface area contributed by atoms with Crippen LogP contribution in [0.2, 0.25) is 4.34 Å². The van der Waals surface area contributed by atoms with Crippen molar-refractivity contribution in [1.82, 2.24) is 10.2 Å². The molecule has 2 aromatic heterocycles. The fourth-order valence-electron chi connectivity index (χ4n) is 1.96. The molecule has 2 N–H and O–H groups in total. The van der Waals surface area contributed by atoms with Crippen molar-refractivity contribution in [1.29, 1.82) is 0 Å². The van der Waals surface area contributed by atoms with Gasteiger partial charge in [-0.2, -0.15) is 5.10 Å². The summed E-state index contributed by atoms with van der Waals surface area (Å²) in [6, 6.07) is 9.34. The Kier molecular flexibility index (Phi) is 3.46. The highest BCUT2D eigenvalue weighted by molar-refractivity contribution is 7.16. The van der Waals surface area contributed by atoms with Crippen molar-refractivity contribution in [2.24, 2.45) is 0 Å². The lowest BCUT2D eigenvalue weighted by Gasteiger charge is -2.10. The number of hydrogen-bond acceptors (Lipinski definition) is 3. The number of carbonyl (C=O) groups is 1. The molecule has 0 bridgehead atoms. The lowest BCUT2D eigenvalue weighted by molar-refractivity contribution is -0.117. The van der Waals surface area contributed by atoms with Gasteiger partial charge in [-0.05, 0) is 37.3 Å². The molecule has 1 atom stereocenters. The number of anilines is 1. The molecule has 1 amide bonds. The Morgan fingerprint density at radius 2 is 2.25 bits per heavy atom. The van der Waals surface area contributed by atoms with E-state index in [2.05, 4.69) is 15.5 Å². The van der Waals surface area contributed by atoms with E-state index in [-0.39, 0.29) is 11.8 Å². The average molecular weight is 306 g/mol. The lowest BCUT2D eigenvalue weighted by atomic mass is 10.1. The van der Waals surface area contributed by atoms with Crippen LogP contribution in [0.3, 0.4) is 0 Å². The summed E-state index contributed by atoms with van der Waals surface area (Å²) in [5.74, 6) is -0.285. The molecule has 0 aliphatic carbocycles. The summed E-state index contributed by atoms with van der Waals surface area (Å²) in [4.78, 5) is 13.2. The summed E-state index contributed by atoms with van der Waals surface area (Å²) in [6.45, 7) is 1.87. The second kappa shape index (κ2) is 5.26. The standard InChI is InChI=1S/C14H12ClN3OS/c1-8(12-4-5-13(15)20-12)14(19)17-10-3-2-9-7-16-18-11(9)6-10/h2-8H,1H3,(H,16,18)(H,17,19). The third-order valence-corrected chi connectivity index (χ3v) is 4.54.